The van der Waals surface area contributed by atoms with E-state index >= 15 is 0 Å². The molecular formula is C26H30F2N4O5. The molecule has 0 N–H and O–H groups in total. The third-order valence-electron chi connectivity index (χ3n) is 6.34. The number of hydrazine groups is 2. The van der Waals surface area contributed by atoms with Crippen LogP contribution in [0.4, 0.5) is 8.78 Å². The van der Waals surface area contributed by atoms with Gasteiger partial charge >= 0.3 is 0 Å². The molecule has 0 saturated carbocycles. The van der Waals surface area contributed by atoms with Gasteiger partial charge in [-0.25, -0.2) is 18.8 Å². The minimum atomic E-state index is -0.673. The van der Waals surface area contributed by atoms with Gasteiger partial charge in [0.2, 0.25) is 17.6 Å². The van der Waals surface area contributed by atoms with Crippen molar-refractivity contribution in [1.29, 1.82) is 0 Å². The fourth-order valence-electron chi connectivity index (χ4n) is 4.48. The van der Waals surface area contributed by atoms with Gasteiger partial charge in [-0.3, -0.25) is 24.4 Å². The normalized spacial score (nSPS) is 19.4. The molecule has 2 amide bonds. The van der Waals surface area contributed by atoms with Crippen LogP contribution < -0.4 is 0 Å². The van der Waals surface area contributed by atoms with E-state index in [9.17, 15) is 23.2 Å². The number of amides is 2. The van der Waals surface area contributed by atoms with Crippen LogP contribution >= 0.6 is 0 Å². The molecule has 198 valence electrons. The molecule has 11 heteroatoms. The molecule has 0 radical (unpaired) electrons. The van der Waals surface area contributed by atoms with Crippen LogP contribution in [0.25, 0.3) is 0 Å². The van der Waals surface area contributed by atoms with Gasteiger partial charge in [-0.15, -0.1) is 0 Å². The predicted molar refractivity (Wildman–Crippen MR) is 129 cm³/mol. The molecule has 3 heterocycles. The Morgan fingerprint density at radius 3 is 1.70 bits per heavy atom. The van der Waals surface area contributed by atoms with E-state index in [4.69, 9.17) is 9.47 Å². The average molecular weight is 517 g/mol. The zero-order valence-electron chi connectivity index (χ0n) is 20.9. The molecule has 9 nitrogen and oxygen atoms in total. The molecule has 37 heavy (non-hydrogen) atoms. The minimum Gasteiger partial charge on any atom is -0.345 e. The van der Waals surface area contributed by atoms with Gasteiger partial charge in [0.1, 0.15) is 11.6 Å². The Hall–Kier alpha value is -3.25. The Balaban J connectivity index is 0.000000176. The molecule has 1 spiro atoms. The predicted octanol–water partition coefficient (Wildman–Crippen LogP) is 1.43. The van der Waals surface area contributed by atoms with E-state index in [2.05, 4.69) is 0 Å². The van der Waals surface area contributed by atoms with Crippen LogP contribution in [0.2, 0.25) is 0 Å². The quantitative estimate of drug-likeness (QED) is 0.608. The van der Waals surface area contributed by atoms with Crippen molar-refractivity contribution < 1.29 is 32.6 Å². The smallest absolute Gasteiger partial charge is 0.241 e. The van der Waals surface area contributed by atoms with Crippen LogP contribution in [-0.4, -0.2) is 96.9 Å². The number of Topliss-reactive ketones (excluding diaryl/α,β-unsaturated/α-hetero) is 1. The summed E-state index contributed by atoms with van der Waals surface area (Å²) in [5, 5.41) is 6.48. The zero-order valence-corrected chi connectivity index (χ0v) is 20.9. The summed E-state index contributed by atoms with van der Waals surface area (Å²) in [4.78, 5) is 35.4. The number of hydrogen-bond acceptors (Lipinski definition) is 7. The molecule has 3 saturated heterocycles. The Kier molecular flexibility index (Phi) is 8.28. The van der Waals surface area contributed by atoms with Crippen LogP contribution in [-0.2, 0) is 36.7 Å². The molecule has 0 atom stereocenters. The Bertz CT molecular complexity index is 1120. The van der Waals surface area contributed by atoms with Crippen LogP contribution in [0.3, 0.4) is 0 Å². The van der Waals surface area contributed by atoms with Gasteiger partial charge in [-0.05, 0) is 35.4 Å². The van der Waals surface area contributed by atoms with Crippen molar-refractivity contribution in [3.63, 3.8) is 0 Å². The summed E-state index contributed by atoms with van der Waals surface area (Å²) in [6, 6.07) is 11.8. The molecule has 3 fully saturated rings. The second-order valence-electron chi connectivity index (χ2n) is 9.29. The molecule has 0 aliphatic carbocycles. The number of hydrogen-bond donors (Lipinski definition) is 0. The van der Waals surface area contributed by atoms with Gasteiger partial charge < -0.3 is 9.47 Å². The molecule has 3 aliphatic rings. The first-order valence-corrected chi connectivity index (χ1v) is 12.0. The molecule has 2 aromatic rings. The summed E-state index contributed by atoms with van der Waals surface area (Å²) in [6.07, 6.45) is 0.415. The van der Waals surface area contributed by atoms with Crippen molar-refractivity contribution in [1.82, 2.24) is 20.0 Å². The highest BCUT2D eigenvalue weighted by atomic mass is 19.1. The van der Waals surface area contributed by atoms with Gasteiger partial charge in [-0.2, -0.15) is 0 Å². The Labute approximate surface area is 214 Å². The maximum Gasteiger partial charge on any atom is 0.241 e. The first-order valence-electron chi connectivity index (χ1n) is 12.0. The summed E-state index contributed by atoms with van der Waals surface area (Å²) in [5.41, 5.74) is 1.53. The molecule has 0 unspecified atom stereocenters. The standard InChI is InChI=1S/C14H17FN2O3.C12H13FN2O2/c1-16-9-14(19-6-7-20-14)10-17(16)13(18)8-11-2-4-12(15)5-3-11;1-14-7-11(16)8-15(14)12(17)6-9-2-4-10(13)5-3-9/h2-5H,6-10H2,1H3;2-5H,6-8H2,1H3. The summed E-state index contributed by atoms with van der Waals surface area (Å²) in [6.45, 7) is 2.49. The van der Waals surface area contributed by atoms with E-state index < -0.39 is 5.79 Å². The van der Waals surface area contributed by atoms with Crippen molar-refractivity contribution >= 4 is 17.6 Å². The SMILES string of the molecule is CN1CC(=O)CN1C(=O)Cc1ccc(F)cc1.CN1CC2(CN1C(=O)Cc1ccc(F)cc1)OCCO2. The van der Waals surface area contributed by atoms with Crippen LogP contribution in [0, 0.1) is 11.6 Å². The topological polar surface area (TPSA) is 82.6 Å². The lowest BCUT2D eigenvalue weighted by Crippen LogP contribution is -2.40. The first-order chi connectivity index (χ1) is 17.6. The van der Waals surface area contributed by atoms with Crippen molar-refractivity contribution in [2.24, 2.45) is 0 Å². The number of ketones is 1. The summed E-state index contributed by atoms with van der Waals surface area (Å²) < 4.78 is 36.8. The second-order valence-corrected chi connectivity index (χ2v) is 9.29. The van der Waals surface area contributed by atoms with Crippen LogP contribution in [0.5, 0.6) is 0 Å². The van der Waals surface area contributed by atoms with E-state index in [1.165, 1.54) is 29.3 Å². The number of carbonyl (C=O) groups excluding carboxylic acids is 3. The number of benzene rings is 2. The van der Waals surface area contributed by atoms with Crippen LogP contribution in [0.1, 0.15) is 11.1 Å². The zero-order chi connectivity index (χ0) is 26.6. The molecule has 0 bridgehead atoms. The highest BCUT2D eigenvalue weighted by Crippen LogP contribution is 2.28. The number of rotatable bonds is 4. The minimum absolute atomic E-state index is 0.0277. The van der Waals surface area contributed by atoms with Gasteiger partial charge in [0.05, 0.1) is 52.2 Å². The van der Waals surface area contributed by atoms with Gasteiger partial charge in [0.15, 0.2) is 5.78 Å². The lowest BCUT2D eigenvalue weighted by atomic mass is 10.1. The van der Waals surface area contributed by atoms with E-state index in [-0.39, 0.29) is 55.2 Å². The van der Waals surface area contributed by atoms with Crippen molar-refractivity contribution in [3.8, 4) is 0 Å². The average Bonchev–Trinajstić information content (AvgIpc) is 3.55. The molecule has 2 aromatic carbocycles. The fraction of sp³-hybridized carbons (Fsp3) is 0.423. The number of likely N-dealkylation sites (N-methyl/N-ethyl adjacent to an activating group) is 2. The third-order valence-corrected chi connectivity index (χ3v) is 6.34. The fourth-order valence-corrected chi connectivity index (χ4v) is 4.48. The Morgan fingerprint density at radius 2 is 1.24 bits per heavy atom. The summed E-state index contributed by atoms with van der Waals surface area (Å²) >= 11 is 0. The van der Waals surface area contributed by atoms with Crippen molar-refractivity contribution in [3.05, 3.63) is 71.3 Å². The van der Waals surface area contributed by atoms with E-state index in [0.717, 1.165) is 11.1 Å². The highest BCUT2D eigenvalue weighted by molar-refractivity contribution is 5.90. The number of nitrogens with zero attached hydrogens (tertiary/aromatic N) is 4. The van der Waals surface area contributed by atoms with Gasteiger partial charge in [0.25, 0.3) is 0 Å². The maximum atomic E-state index is 12.9. The van der Waals surface area contributed by atoms with E-state index in [1.54, 1.807) is 41.3 Å². The highest BCUT2D eigenvalue weighted by Gasteiger charge is 2.47. The molecular weight excluding hydrogens is 486 g/mol. The van der Waals surface area contributed by atoms with Crippen LogP contribution in [0.15, 0.2) is 48.5 Å². The molecule has 0 aromatic heterocycles. The third kappa shape index (κ3) is 6.75. The number of carbonyl (C=O) groups is 3. The van der Waals surface area contributed by atoms with E-state index in [1.807, 2.05) is 12.1 Å². The lowest BCUT2D eigenvalue weighted by molar-refractivity contribution is -0.148. The first kappa shape index (κ1) is 26.8. The monoisotopic (exact) mass is 516 g/mol. The summed E-state index contributed by atoms with van der Waals surface area (Å²) in [5.74, 6) is -1.46. The largest absolute Gasteiger partial charge is 0.345 e. The van der Waals surface area contributed by atoms with Crippen molar-refractivity contribution in [2.45, 2.75) is 18.6 Å². The molecule has 3 aliphatic heterocycles. The van der Waals surface area contributed by atoms with Crippen molar-refractivity contribution in [2.75, 3.05) is 53.5 Å². The number of halogens is 2. The van der Waals surface area contributed by atoms with E-state index in [0.29, 0.717) is 26.3 Å². The lowest BCUT2D eigenvalue weighted by Gasteiger charge is -2.23. The number of ether oxygens (including phenoxy) is 2. The maximum absolute atomic E-state index is 12.9. The second kappa shape index (κ2) is 11.4. The summed E-state index contributed by atoms with van der Waals surface area (Å²) in [7, 11) is 3.54. The molecule has 5 rings (SSSR count). The van der Waals surface area contributed by atoms with Gasteiger partial charge in [0, 0.05) is 14.1 Å². The van der Waals surface area contributed by atoms with Gasteiger partial charge in [-0.1, -0.05) is 24.3 Å². The Morgan fingerprint density at radius 1 is 0.757 bits per heavy atom.